The number of rotatable bonds is 8. The van der Waals surface area contributed by atoms with Gasteiger partial charge < -0.3 is 14.2 Å². The monoisotopic (exact) mass is 308 g/mol. The molecule has 1 aromatic rings. The number of benzene rings is 1. The van der Waals surface area contributed by atoms with Crippen LogP contribution >= 0.6 is 0 Å². The lowest BCUT2D eigenvalue weighted by Crippen LogP contribution is -2.26. The maximum absolute atomic E-state index is 11.6. The smallest absolute Gasteiger partial charge is 0.311 e. The topological polar surface area (TPSA) is 86.2 Å². The van der Waals surface area contributed by atoms with E-state index in [0.717, 1.165) is 0 Å². The van der Waals surface area contributed by atoms with Crippen LogP contribution < -0.4 is 14.9 Å². The van der Waals surface area contributed by atoms with E-state index in [-0.39, 0.29) is 19.0 Å². The van der Waals surface area contributed by atoms with E-state index in [1.165, 1.54) is 0 Å². The highest BCUT2D eigenvalue weighted by molar-refractivity contribution is 5.98. The largest absolute Gasteiger partial charge is 0.497 e. The minimum Gasteiger partial charge on any atom is -0.497 e. The molecule has 0 radical (unpaired) electrons. The maximum atomic E-state index is 11.6. The van der Waals surface area contributed by atoms with Gasteiger partial charge in [-0.15, -0.1) is 0 Å². The first-order valence-electron chi connectivity index (χ1n) is 6.79. The normalized spacial score (nSPS) is 10.8. The third-order valence-electron chi connectivity index (χ3n) is 2.51. The lowest BCUT2D eigenvalue weighted by atomic mass is 10.3. The van der Waals surface area contributed by atoms with E-state index in [1.54, 1.807) is 45.2 Å². The van der Waals surface area contributed by atoms with Crippen LogP contribution in [0.25, 0.3) is 0 Å². The number of carbonyl (C=O) groups is 2. The van der Waals surface area contributed by atoms with E-state index in [0.29, 0.717) is 23.8 Å². The molecule has 0 atom stereocenters. The Kier molecular flexibility index (Phi) is 7.45. The van der Waals surface area contributed by atoms with E-state index < -0.39 is 5.91 Å². The van der Waals surface area contributed by atoms with E-state index in [2.05, 4.69) is 10.5 Å². The Labute approximate surface area is 129 Å². The summed E-state index contributed by atoms with van der Waals surface area (Å²) < 4.78 is 15.1. The number of amides is 1. The van der Waals surface area contributed by atoms with Crippen LogP contribution in [0.1, 0.15) is 20.3 Å². The first-order valence-corrected chi connectivity index (χ1v) is 6.79. The maximum Gasteiger partial charge on any atom is 0.311 e. The Morgan fingerprint density at radius 2 is 1.82 bits per heavy atom. The van der Waals surface area contributed by atoms with Crippen molar-refractivity contribution in [2.24, 2.45) is 5.10 Å². The summed E-state index contributed by atoms with van der Waals surface area (Å²) in [6, 6.07) is 6.85. The van der Waals surface area contributed by atoms with Crippen molar-refractivity contribution in [3.05, 3.63) is 24.3 Å². The molecule has 0 aromatic heterocycles. The zero-order valence-electron chi connectivity index (χ0n) is 12.9. The van der Waals surface area contributed by atoms with Crippen LogP contribution in [-0.4, -0.2) is 37.9 Å². The summed E-state index contributed by atoms with van der Waals surface area (Å²) in [6.07, 6.45) is 0.0352. The molecular weight excluding hydrogens is 288 g/mol. The van der Waals surface area contributed by atoms with Crippen LogP contribution in [0.4, 0.5) is 0 Å². The number of hydrogen-bond donors (Lipinski definition) is 1. The molecule has 0 bridgehead atoms. The number of carbonyl (C=O) groups excluding carboxylic acids is 2. The van der Waals surface area contributed by atoms with E-state index in [9.17, 15) is 9.59 Å². The molecule has 120 valence electrons. The third-order valence-corrected chi connectivity index (χ3v) is 2.51. The molecule has 22 heavy (non-hydrogen) atoms. The van der Waals surface area contributed by atoms with E-state index >= 15 is 0 Å². The predicted octanol–water partition coefficient (Wildman–Crippen LogP) is 1.52. The van der Waals surface area contributed by atoms with Gasteiger partial charge in [-0.1, -0.05) is 0 Å². The van der Waals surface area contributed by atoms with Gasteiger partial charge in [-0.3, -0.25) is 9.59 Å². The van der Waals surface area contributed by atoms with Gasteiger partial charge in [-0.25, -0.2) is 5.43 Å². The highest BCUT2D eigenvalue weighted by Gasteiger charge is 2.06. The fourth-order valence-corrected chi connectivity index (χ4v) is 1.47. The average Bonchev–Trinajstić information content (AvgIpc) is 2.51. The van der Waals surface area contributed by atoms with Crippen LogP contribution in [0, 0.1) is 0 Å². The fraction of sp³-hybridized carbons (Fsp3) is 0.400. The molecule has 1 amide bonds. The Morgan fingerprint density at radius 3 is 2.41 bits per heavy atom. The van der Waals surface area contributed by atoms with Crippen LogP contribution in [-0.2, 0) is 14.3 Å². The number of esters is 1. The highest BCUT2D eigenvalue weighted by Crippen LogP contribution is 2.16. The Morgan fingerprint density at radius 1 is 1.18 bits per heavy atom. The number of nitrogens with one attached hydrogen (secondary N) is 1. The summed E-state index contributed by atoms with van der Waals surface area (Å²) in [5.74, 6) is 0.450. The number of nitrogens with zero attached hydrogens (tertiary/aromatic N) is 1. The molecule has 0 aliphatic rings. The highest BCUT2D eigenvalue weighted by atomic mass is 16.5. The molecule has 0 saturated carbocycles. The van der Waals surface area contributed by atoms with Crippen molar-refractivity contribution in [2.45, 2.75) is 20.3 Å². The zero-order chi connectivity index (χ0) is 16.4. The molecule has 0 fully saturated rings. The second-order valence-electron chi connectivity index (χ2n) is 4.33. The average molecular weight is 308 g/mol. The zero-order valence-corrected chi connectivity index (χ0v) is 12.9. The molecule has 0 aliphatic carbocycles. The van der Waals surface area contributed by atoms with Crippen molar-refractivity contribution >= 4 is 17.6 Å². The van der Waals surface area contributed by atoms with Crippen molar-refractivity contribution in [1.82, 2.24) is 5.43 Å². The minimum atomic E-state index is -0.418. The summed E-state index contributed by atoms with van der Waals surface area (Å²) >= 11 is 0. The lowest BCUT2D eigenvalue weighted by molar-refractivity contribution is -0.141. The first-order chi connectivity index (χ1) is 10.5. The second kappa shape index (κ2) is 9.38. The van der Waals surface area contributed by atoms with Gasteiger partial charge in [-0.2, -0.15) is 5.10 Å². The minimum absolute atomic E-state index is 0.0352. The van der Waals surface area contributed by atoms with Gasteiger partial charge in [0.2, 0.25) is 0 Å². The van der Waals surface area contributed by atoms with Crippen molar-refractivity contribution < 1.29 is 23.8 Å². The first kappa shape index (κ1) is 17.5. The SMILES string of the molecule is CCOC(=O)CC(C)=NNC(=O)COc1ccc(OC)cc1. The lowest BCUT2D eigenvalue weighted by Gasteiger charge is -2.06. The standard InChI is InChI=1S/C15H20N2O5/c1-4-21-15(19)9-11(2)16-17-14(18)10-22-13-7-5-12(20-3)6-8-13/h5-8H,4,9-10H2,1-3H3,(H,17,18). The van der Waals surface area contributed by atoms with Gasteiger partial charge in [0.25, 0.3) is 5.91 Å². The van der Waals surface area contributed by atoms with Crippen LogP contribution in [0.5, 0.6) is 11.5 Å². The summed E-state index contributed by atoms with van der Waals surface area (Å²) in [5.41, 5.74) is 2.77. The van der Waals surface area contributed by atoms with Crippen LogP contribution in [0.15, 0.2) is 29.4 Å². The Hall–Kier alpha value is -2.57. The Bertz CT molecular complexity index is 525. The number of hydrazone groups is 1. The van der Waals surface area contributed by atoms with Gasteiger partial charge >= 0.3 is 5.97 Å². The molecule has 1 rings (SSSR count). The van der Waals surface area contributed by atoms with Crippen molar-refractivity contribution in [1.29, 1.82) is 0 Å². The number of hydrogen-bond acceptors (Lipinski definition) is 6. The molecule has 7 heteroatoms. The van der Waals surface area contributed by atoms with Gasteiger partial charge in [0.05, 0.1) is 20.1 Å². The molecule has 0 spiro atoms. The quantitative estimate of drug-likeness (QED) is 0.447. The van der Waals surface area contributed by atoms with E-state index in [4.69, 9.17) is 14.2 Å². The third kappa shape index (κ3) is 6.74. The van der Waals surface area contributed by atoms with E-state index in [1.807, 2.05) is 0 Å². The Balaban J connectivity index is 2.34. The summed E-state index contributed by atoms with van der Waals surface area (Å²) in [5, 5.41) is 3.80. The van der Waals surface area contributed by atoms with Crippen LogP contribution in [0.3, 0.4) is 0 Å². The summed E-state index contributed by atoms with van der Waals surface area (Å²) in [4.78, 5) is 22.8. The summed E-state index contributed by atoms with van der Waals surface area (Å²) in [7, 11) is 1.57. The van der Waals surface area contributed by atoms with Gasteiger partial charge in [0.1, 0.15) is 11.5 Å². The molecule has 0 heterocycles. The van der Waals surface area contributed by atoms with Gasteiger partial charge in [0, 0.05) is 5.71 Å². The molecule has 0 saturated heterocycles. The summed E-state index contributed by atoms with van der Waals surface area (Å²) in [6.45, 7) is 3.49. The molecule has 0 aliphatic heterocycles. The van der Waals surface area contributed by atoms with Crippen molar-refractivity contribution in [2.75, 3.05) is 20.3 Å². The van der Waals surface area contributed by atoms with Gasteiger partial charge in [-0.05, 0) is 38.1 Å². The molecule has 1 aromatic carbocycles. The molecular formula is C15H20N2O5. The van der Waals surface area contributed by atoms with Gasteiger partial charge in [0.15, 0.2) is 6.61 Å². The molecule has 0 unspecified atom stereocenters. The van der Waals surface area contributed by atoms with Crippen molar-refractivity contribution in [3.8, 4) is 11.5 Å². The number of methoxy groups -OCH3 is 1. The number of ether oxygens (including phenoxy) is 3. The van der Waals surface area contributed by atoms with Crippen molar-refractivity contribution in [3.63, 3.8) is 0 Å². The van der Waals surface area contributed by atoms with Crippen LogP contribution in [0.2, 0.25) is 0 Å². The predicted molar refractivity (Wildman–Crippen MR) is 81.0 cm³/mol. The fourth-order valence-electron chi connectivity index (χ4n) is 1.47. The molecule has 1 N–H and O–H groups in total. The second-order valence-corrected chi connectivity index (χ2v) is 4.33. The molecule has 7 nitrogen and oxygen atoms in total.